The molecule has 29 heavy (non-hydrogen) atoms. The number of halogens is 2. The summed E-state index contributed by atoms with van der Waals surface area (Å²) in [5, 5.41) is 3.33. The molecule has 3 rings (SSSR count). The second-order valence-electron chi connectivity index (χ2n) is 6.38. The number of nitrogens with zero attached hydrogens (tertiary/aromatic N) is 1. The highest BCUT2D eigenvalue weighted by Crippen LogP contribution is 2.32. The third-order valence-electron chi connectivity index (χ3n) is 4.38. The number of amides is 1. The number of anilines is 1. The largest absolute Gasteiger partial charge is 0.495 e. The van der Waals surface area contributed by atoms with E-state index in [1.165, 1.54) is 29.6 Å². The Balaban J connectivity index is 1.76. The molecule has 1 amide bonds. The summed E-state index contributed by atoms with van der Waals surface area (Å²) in [7, 11) is -2.29. The summed E-state index contributed by atoms with van der Waals surface area (Å²) in [4.78, 5) is 12.3. The summed E-state index contributed by atoms with van der Waals surface area (Å²) in [5.74, 6) is 0.00564. The van der Waals surface area contributed by atoms with E-state index in [9.17, 15) is 13.2 Å². The maximum Gasteiger partial charge on any atom is 0.262 e. The number of carbonyl (C=O) groups is 1. The van der Waals surface area contributed by atoms with Crippen molar-refractivity contribution >= 4 is 44.8 Å². The molecular weight excluding hydrogens is 439 g/mol. The molecule has 1 heterocycles. The van der Waals surface area contributed by atoms with Crippen molar-refractivity contribution in [3.8, 4) is 11.5 Å². The van der Waals surface area contributed by atoms with E-state index in [2.05, 4.69) is 5.32 Å². The van der Waals surface area contributed by atoms with Crippen molar-refractivity contribution in [3.05, 3.63) is 46.4 Å². The summed E-state index contributed by atoms with van der Waals surface area (Å²) in [6.45, 7) is 0.493. The van der Waals surface area contributed by atoms with Gasteiger partial charge in [0.2, 0.25) is 10.0 Å². The van der Waals surface area contributed by atoms with Crippen LogP contribution in [0.2, 0.25) is 10.0 Å². The van der Waals surface area contributed by atoms with Gasteiger partial charge in [0.25, 0.3) is 5.91 Å². The molecule has 2 aromatic rings. The van der Waals surface area contributed by atoms with E-state index >= 15 is 0 Å². The molecule has 0 atom stereocenters. The van der Waals surface area contributed by atoms with Crippen molar-refractivity contribution < 1.29 is 22.7 Å². The molecule has 1 saturated heterocycles. The molecule has 10 heteroatoms. The number of benzene rings is 2. The van der Waals surface area contributed by atoms with Crippen LogP contribution in [0.25, 0.3) is 0 Å². The molecule has 0 bridgehead atoms. The van der Waals surface area contributed by atoms with Crippen LogP contribution in [0, 0.1) is 0 Å². The number of ether oxygens (including phenoxy) is 2. The molecule has 0 unspecified atom stereocenters. The first-order chi connectivity index (χ1) is 13.8. The predicted octanol–water partition coefficient (Wildman–Crippen LogP) is 3.80. The Labute approximate surface area is 179 Å². The van der Waals surface area contributed by atoms with Crippen molar-refractivity contribution in [2.24, 2.45) is 0 Å². The summed E-state index contributed by atoms with van der Waals surface area (Å²) in [6.07, 6.45) is 1.61. The maximum absolute atomic E-state index is 12.9. The van der Waals surface area contributed by atoms with Gasteiger partial charge in [-0.1, -0.05) is 23.2 Å². The monoisotopic (exact) mass is 458 g/mol. The number of nitrogens with one attached hydrogen (secondary N) is 1. The Hall–Kier alpha value is -2.00. The van der Waals surface area contributed by atoms with Crippen LogP contribution in [0.15, 0.2) is 41.3 Å². The smallest absolute Gasteiger partial charge is 0.262 e. The zero-order valence-electron chi connectivity index (χ0n) is 15.7. The fourth-order valence-electron chi connectivity index (χ4n) is 2.98. The maximum atomic E-state index is 12.9. The Morgan fingerprint density at radius 2 is 1.69 bits per heavy atom. The first-order valence-electron chi connectivity index (χ1n) is 8.87. The first-order valence-corrected chi connectivity index (χ1v) is 11.1. The van der Waals surface area contributed by atoms with Gasteiger partial charge in [-0.2, -0.15) is 4.31 Å². The Kier molecular flexibility index (Phi) is 6.89. The second kappa shape index (κ2) is 9.21. The van der Waals surface area contributed by atoms with E-state index in [-0.39, 0.29) is 15.7 Å². The van der Waals surface area contributed by atoms with E-state index in [4.69, 9.17) is 32.7 Å². The summed E-state index contributed by atoms with van der Waals surface area (Å²) in [5.41, 5.74) is 0.384. The minimum atomic E-state index is -3.76. The van der Waals surface area contributed by atoms with Crippen molar-refractivity contribution in [1.29, 1.82) is 0 Å². The standard InChI is InChI=1S/C19H20Cl2N2O5S/c1-27-16-6-4-13(20)10-15(16)22-19(24)12-28-17-7-5-14(21)11-18(17)29(25,26)23-8-2-3-9-23/h4-7,10-11H,2-3,8-9,12H2,1H3,(H,22,24). The van der Waals surface area contributed by atoms with Crippen LogP contribution in [0.3, 0.4) is 0 Å². The van der Waals surface area contributed by atoms with Gasteiger partial charge < -0.3 is 14.8 Å². The predicted molar refractivity (Wildman–Crippen MR) is 112 cm³/mol. The molecule has 7 nitrogen and oxygen atoms in total. The van der Waals surface area contributed by atoms with Crippen LogP contribution in [0.1, 0.15) is 12.8 Å². The van der Waals surface area contributed by atoms with E-state index in [0.717, 1.165) is 12.8 Å². The van der Waals surface area contributed by atoms with Gasteiger partial charge >= 0.3 is 0 Å². The highest BCUT2D eigenvalue weighted by Gasteiger charge is 2.30. The normalized spacial score (nSPS) is 14.6. The Morgan fingerprint density at radius 1 is 1.07 bits per heavy atom. The summed E-state index contributed by atoms with van der Waals surface area (Å²) >= 11 is 12.0. The molecule has 0 aromatic heterocycles. The topological polar surface area (TPSA) is 84.9 Å². The molecule has 2 aromatic carbocycles. The number of hydrogen-bond donors (Lipinski definition) is 1. The van der Waals surface area contributed by atoms with Crippen LogP contribution < -0.4 is 14.8 Å². The van der Waals surface area contributed by atoms with Crippen LogP contribution in [0.5, 0.6) is 11.5 Å². The second-order valence-corrected chi connectivity index (χ2v) is 9.16. The van der Waals surface area contributed by atoms with E-state index in [1.807, 2.05) is 0 Å². The number of carbonyl (C=O) groups excluding carboxylic acids is 1. The number of methoxy groups -OCH3 is 1. The SMILES string of the molecule is COc1ccc(Cl)cc1NC(=O)COc1ccc(Cl)cc1S(=O)(=O)N1CCCC1. The molecule has 0 radical (unpaired) electrons. The minimum absolute atomic E-state index is 0.0555. The number of sulfonamides is 1. The minimum Gasteiger partial charge on any atom is -0.495 e. The zero-order chi connectivity index (χ0) is 21.0. The third kappa shape index (κ3) is 5.14. The van der Waals surface area contributed by atoms with Gasteiger partial charge in [0, 0.05) is 23.1 Å². The van der Waals surface area contributed by atoms with Crippen molar-refractivity contribution in [1.82, 2.24) is 4.31 Å². The average Bonchev–Trinajstić information content (AvgIpc) is 3.23. The van der Waals surface area contributed by atoms with Gasteiger partial charge in [0.15, 0.2) is 6.61 Å². The number of rotatable bonds is 7. The molecule has 1 aliphatic heterocycles. The molecule has 1 N–H and O–H groups in total. The molecular formula is C19H20Cl2N2O5S. The van der Waals surface area contributed by atoms with Gasteiger partial charge in [-0.05, 0) is 49.2 Å². The lowest BCUT2D eigenvalue weighted by atomic mass is 10.3. The quantitative estimate of drug-likeness (QED) is 0.681. The van der Waals surface area contributed by atoms with Crippen LogP contribution in [0.4, 0.5) is 5.69 Å². The molecule has 0 saturated carbocycles. The van der Waals surface area contributed by atoms with Crippen molar-refractivity contribution in [3.63, 3.8) is 0 Å². The lowest BCUT2D eigenvalue weighted by Gasteiger charge is -2.18. The summed E-state index contributed by atoms with van der Waals surface area (Å²) < 4.78 is 37.9. The third-order valence-corrected chi connectivity index (χ3v) is 6.77. The van der Waals surface area contributed by atoms with E-state index in [1.54, 1.807) is 18.2 Å². The highest BCUT2D eigenvalue weighted by atomic mass is 35.5. The van der Waals surface area contributed by atoms with E-state index in [0.29, 0.717) is 29.5 Å². The molecule has 1 fully saturated rings. The van der Waals surface area contributed by atoms with Crippen molar-refractivity contribution in [2.75, 3.05) is 32.1 Å². The average molecular weight is 459 g/mol. The molecule has 156 valence electrons. The highest BCUT2D eigenvalue weighted by molar-refractivity contribution is 7.89. The van der Waals surface area contributed by atoms with Gasteiger partial charge in [-0.15, -0.1) is 0 Å². The van der Waals surface area contributed by atoms with Crippen molar-refractivity contribution in [2.45, 2.75) is 17.7 Å². The lowest BCUT2D eigenvalue weighted by Crippen LogP contribution is -2.28. The Morgan fingerprint density at radius 3 is 2.34 bits per heavy atom. The lowest BCUT2D eigenvalue weighted by molar-refractivity contribution is -0.118. The fourth-order valence-corrected chi connectivity index (χ4v) is 5.06. The van der Waals surface area contributed by atoms with Gasteiger partial charge in [0.05, 0.1) is 12.8 Å². The number of hydrogen-bond acceptors (Lipinski definition) is 5. The first kappa shape index (κ1) is 21.7. The van der Waals surface area contributed by atoms with Crippen LogP contribution in [-0.4, -0.2) is 45.4 Å². The molecule has 1 aliphatic rings. The summed E-state index contributed by atoms with van der Waals surface area (Å²) in [6, 6.07) is 9.09. The molecule has 0 spiro atoms. The zero-order valence-corrected chi connectivity index (χ0v) is 18.0. The van der Waals surface area contributed by atoms with Gasteiger partial charge in [0.1, 0.15) is 16.4 Å². The Bertz CT molecular complexity index is 1010. The van der Waals surface area contributed by atoms with Gasteiger partial charge in [-0.25, -0.2) is 8.42 Å². The molecule has 0 aliphatic carbocycles. The van der Waals surface area contributed by atoms with Crippen LogP contribution >= 0.6 is 23.2 Å². The van der Waals surface area contributed by atoms with E-state index < -0.39 is 22.5 Å². The van der Waals surface area contributed by atoms with Gasteiger partial charge in [-0.3, -0.25) is 4.79 Å². The van der Waals surface area contributed by atoms with Crippen LogP contribution in [-0.2, 0) is 14.8 Å². The fraction of sp³-hybridized carbons (Fsp3) is 0.316.